The van der Waals surface area contributed by atoms with Crippen LogP contribution in [0.3, 0.4) is 0 Å². The fourth-order valence-electron chi connectivity index (χ4n) is 1.58. The first-order valence-corrected chi connectivity index (χ1v) is 7.93. The Morgan fingerprint density at radius 2 is 1.84 bits per heavy atom. The molecule has 0 aliphatic rings. The lowest BCUT2D eigenvalue weighted by Gasteiger charge is -2.00. The Morgan fingerprint density at radius 3 is 2.26 bits per heavy atom. The predicted octanol–water partition coefficient (Wildman–Crippen LogP) is 2.10. The molecule has 0 aliphatic heterocycles. The number of sulfone groups is 1. The van der Waals surface area contributed by atoms with Crippen molar-refractivity contribution in [1.29, 1.82) is 0 Å². The van der Waals surface area contributed by atoms with Crippen molar-refractivity contribution in [2.75, 3.05) is 12.0 Å². The third kappa shape index (κ3) is 2.77. The maximum Gasteiger partial charge on any atom is 0.348 e. The molecule has 7 heteroatoms. The highest BCUT2D eigenvalue weighted by atomic mass is 32.2. The van der Waals surface area contributed by atoms with Crippen LogP contribution in [0.15, 0.2) is 35.2 Å². The van der Waals surface area contributed by atoms with Gasteiger partial charge in [0.15, 0.2) is 9.84 Å². The second-order valence-electron chi connectivity index (χ2n) is 4.00. The molecule has 0 unspecified atom stereocenters. The maximum absolute atomic E-state index is 11.3. The molecule has 3 N–H and O–H groups in total. The van der Waals surface area contributed by atoms with Gasteiger partial charge in [-0.1, -0.05) is 12.1 Å². The SMILES string of the molecule is CS(=O)(=O)c1ccc(-c2cc(N)c(C(=O)O)s2)cc1. The number of nitrogens with two attached hydrogens (primary N) is 1. The van der Waals surface area contributed by atoms with Crippen molar-refractivity contribution in [3.63, 3.8) is 0 Å². The molecule has 0 saturated carbocycles. The number of carbonyl (C=O) groups is 1. The zero-order valence-corrected chi connectivity index (χ0v) is 11.6. The Hall–Kier alpha value is -1.86. The number of anilines is 1. The van der Waals surface area contributed by atoms with Crippen molar-refractivity contribution in [1.82, 2.24) is 0 Å². The lowest BCUT2D eigenvalue weighted by molar-refractivity contribution is 0.0703. The lowest BCUT2D eigenvalue weighted by atomic mass is 10.2. The minimum Gasteiger partial charge on any atom is -0.477 e. The number of benzene rings is 1. The maximum atomic E-state index is 11.3. The molecular formula is C12H11NO4S2. The largest absolute Gasteiger partial charge is 0.477 e. The molecule has 0 saturated heterocycles. The van der Waals surface area contributed by atoms with E-state index in [2.05, 4.69) is 0 Å². The number of carboxylic acids is 1. The van der Waals surface area contributed by atoms with E-state index in [1.807, 2.05) is 0 Å². The Morgan fingerprint density at radius 1 is 1.26 bits per heavy atom. The zero-order valence-electron chi connectivity index (χ0n) is 9.95. The summed E-state index contributed by atoms with van der Waals surface area (Å²) >= 11 is 1.06. The number of hydrogen-bond donors (Lipinski definition) is 2. The Balaban J connectivity index is 2.43. The van der Waals surface area contributed by atoms with Crippen molar-refractivity contribution < 1.29 is 18.3 Å². The molecule has 0 amide bonds. The van der Waals surface area contributed by atoms with E-state index in [1.165, 1.54) is 12.1 Å². The van der Waals surface area contributed by atoms with Gasteiger partial charge in [0.1, 0.15) is 4.88 Å². The minimum absolute atomic E-state index is 0.0854. The fraction of sp³-hybridized carbons (Fsp3) is 0.0833. The summed E-state index contributed by atoms with van der Waals surface area (Å²) in [5.41, 5.74) is 6.55. The molecule has 100 valence electrons. The van der Waals surface area contributed by atoms with Gasteiger partial charge in [0, 0.05) is 11.1 Å². The van der Waals surface area contributed by atoms with Crippen LogP contribution in [-0.4, -0.2) is 25.7 Å². The van der Waals surface area contributed by atoms with Gasteiger partial charge in [-0.25, -0.2) is 13.2 Å². The van der Waals surface area contributed by atoms with Crippen molar-refractivity contribution in [2.45, 2.75) is 4.90 Å². The van der Waals surface area contributed by atoms with Gasteiger partial charge in [-0.3, -0.25) is 0 Å². The molecule has 1 aromatic heterocycles. The third-order valence-electron chi connectivity index (χ3n) is 2.52. The van der Waals surface area contributed by atoms with E-state index < -0.39 is 15.8 Å². The number of rotatable bonds is 3. The van der Waals surface area contributed by atoms with Crippen LogP contribution in [0.2, 0.25) is 0 Å². The summed E-state index contributed by atoms with van der Waals surface area (Å²) in [6, 6.07) is 7.81. The van der Waals surface area contributed by atoms with Crippen LogP contribution in [0.5, 0.6) is 0 Å². The minimum atomic E-state index is -3.23. The van der Waals surface area contributed by atoms with E-state index in [9.17, 15) is 13.2 Å². The average molecular weight is 297 g/mol. The van der Waals surface area contributed by atoms with E-state index in [-0.39, 0.29) is 15.5 Å². The Labute approximate surface area is 114 Å². The van der Waals surface area contributed by atoms with Gasteiger partial charge < -0.3 is 10.8 Å². The Kier molecular flexibility index (Phi) is 3.34. The van der Waals surface area contributed by atoms with Crippen LogP contribution < -0.4 is 5.73 Å². The first-order valence-electron chi connectivity index (χ1n) is 5.22. The van der Waals surface area contributed by atoms with Crippen molar-refractivity contribution in [3.05, 3.63) is 35.2 Å². The highest BCUT2D eigenvalue weighted by molar-refractivity contribution is 7.90. The summed E-state index contributed by atoms with van der Waals surface area (Å²) in [5.74, 6) is -1.07. The molecule has 1 heterocycles. The van der Waals surface area contributed by atoms with Crippen LogP contribution in [0, 0.1) is 0 Å². The summed E-state index contributed by atoms with van der Waals surface area (Å²) in [4.78, 5) is 11.9. The molecule has 0 aliphatic carbocycles. The summed E-state index contributed by atoms with van der Waals surface area (Å²) in [6.45, 7) is 0. The average Bonchev–Trinajstić information content (AvgIpc) is 2.70. The van der Waals surface area contributed by atoms with Crippen LogP contribution >= 0.6 is 11.3 Å². The van der Waals surface area contributed by atoms with Gasteiger partial charge in [-0.2, -0.15) is 0 Å². The number of carboxylic acid groups (broad SMARTS) is 1. The highest BCUT2D eigenvalue weighted by Crippen LogP contribution is 2.33. The van der Waals surface area contributed by atoms with Gasteiger partial charge in [0.05, 0.1) is 10.6 Å². The predicted molar refractivity (Wildman–Crippen MR) is 74.2 cm³/mol. The van der Waals surface area contributed by atoms with Crippen LogP contribution in [0.4, 0.5) is 5.69 Å². The first-order chi connectivity index (χ1) is 8.79. The second kappa shape index (κ2) is 4.67. The lowest BCUT2D eigenvalue weighted by Crippen LogP contribution is -1.96. The monoisotopic (exact) mass is 297 g/mol. The summed E-state index contributed by atoms with van der Waals surface area (Å²) < 4.78 is 22.7. The summed E-state index contributed by atoms with van der Waals surface area (Å²) in [5, 5.41) is 8.93. The van der Waals surface area contributed by atoms with E-state index in [1.54, 1.807) is 18.2 Å². The molecule has 2 aromatic rings. The number of hydrogen-bond acceptors (Lipinski definition) is 5. The van der Waals surface area contributed by atoms with Gasteiger partial charge in [-0.05, 0) is 23.8 Å². The smallest absolute Gasteiger partial charge is 0.348 e. The van der Waals surface area contributed by atoms with Crippen molar-refractivity contribution in [3.8, 4) is 10.4 Å². The van der Waals surface area contributed by atoms with Gasteiger partial charge in [-0.15, -0.1) is 11.3 Å². The molecule has 0 bridgehead atoms. The second-order valence-corrected chi connectivity index (χ2v) is 7.06. The normalized spacial score (nSPS) is 11.4. The van der Waals surface area contributed by atoms with Crippen molar-refractivity contribution in [2.24, 2.45) is 0 Å². The molecule has 0 spiro atoms. The van der Waals surface area contributed by atoms with E-state index >= 15 is 0 Å². The zero-order chi connectivity index (χ0) is 14.2. The van der Waals surface area contributed by atoms with Gasteiger partial charge >= 0.3 is 5.97 Å². The van der Waals surface area contributed by atoms with Gasteiger partial charge in [0.25, 0.3) is 0 Å². The quantitative estimate of drug-likeness (QED) is 0.904. The summed E-state index contributed by atoms with van der Waals surface area (Å²) in [6.07, 6.45) is 1.13. The molecule has 0 atom stereocenters. The number of nitrogen functional groups attached to an aromatic ring is 1. The van der Waals surface area contributed by atoms with E-state index in [0.29, 0.717) is 4.88 Å². The molecule has 19 heavy (non-hydrogen) atoms. The van der Waals surface area contributed by atoms with Crippen molar-refractivity contribution >= 4 is 32.8 Å². The molecule has 5 nitrogen and oxygen atoms in total. The topological polar surface area (TPSA) is 97.5 Å². The molecule has 0 radical (unpaired) electrons. The molecule has 1 aromatic carbocycles. The summed E-state index contributed by atoms with van der Waals surface area (Å²) in [7, 11) is -3.23. The molecule has 0 fully saturated rings. The molecule has 2 rings (SSSR count). The highest BCUT2D eigenvalue weighted by Gasteiger charge is 2.14. The third-order valence-corrected chi connectivity index (χ3v) is 4.84. The first kappa shape index (κ1) is 13.6. The van der Waals surface area contributed by atoms with Crippen LogP contribution in [0.1, 0.15) is 9.67 Å². The number of thiophene rings is 1. The fourth-order valence-corrected chi connectivity index (χ4v) is 3.14. The van der Waals surface area contributed by atoms with E-state index in [0.717, 1.165) is 23.2 Å². The van der Waals surface area contributed by atoms with E-state index in [4.69, 9.17) is 10.8 Å². The van der Waals surface area contributed by atoms with Crippen LogP contribution in [-0.2, 0) is 9.84 Å². The van der Waals surface area contributed by atoms with Gasteiger partial charge in [0.2, 0.25) is 0 Å². The molecular weight excluding hydrogens is 286 g/mol. The number of aromatic carboxylic acids is 1. The standard InChI is InChI=1S/C12H11NO4S2/c1-19(16,17)8-4-2-7(3-5-8)10-6-9(13)11(18-10)12(14)15/h2-6H,13H2,1H3,(H,14,15). The van der Waals surface area contributed by atoms with Crippen LogP contribution in [0.25, 0.3) is 10.4 Å². The Bertz CT molecular complexity index is 730.